The van der Waals surface area contributed by atoms with Crippen molar-refractivity contribution in [3.8, 4) is 0 Å². The summed E-state index contributed by atoms with van der Waals surface area (Å²) >= 11 is 0. The molecule has 1 rings (SSSR count). The normalized spacial score (nSPS) is 18.1. The molecule has 1 aliphatic rings. The molecular weight excluding hydrogens is 237 g/mol. The molecule has 1 aliphatic heterocycles. The molecule has 0 spiro atoms. The van der Waals surface area contributed by atoms with E-state index in [9.17, 15) is 18.0 Å². The molecule has 100 valence electrons. The lowest BCUT2D eigenvalue weighted by atomic mass is 10.1. The van der Waals surface area contributed by atoms with Crippen LogP contribution in [0.4, 0.5) is 13.2 Å². The van der Waals surface area contributed by atoms with Crippen LogP contribution in [0.3, 0.4) is 0 Å². The smallest absolute Gasteiger partial charge is 0.381 e. The molecule has 0 aromatic rings. The summed E-state index contributed by atoms with van der Waals surface area (Å²) in [4.78, 5) is 13.1. The van der Waals surface area contributed by atoms with E-state index in [0.717, 1.165) is 12.8 Å². The van der Waals surface area contributed by atoms with Gasteiger partial charge in [-0.25, -0.2) is 0 Å². The maximum Gasteiger partial charge on any atom is 0.401 e. The number of halogens is 3. The summed E-state index contributed by atoms with van der Waals surface area (Å²) in [6.07, 6.45) is -2.81. The van der Waals surface area contributed by atoms with Crippen LogP contribution in [0, 0.1) is 0 Å². The average molecular weight is 254 g/mol. The Morgan fingerprint density at radius 1 is 1.41 bits per heavy atom. The fourth-order valence-electron chi connectivity index (χ4n) is 1.71. The number of nitrogens with one attached hydrogen (secondary N) is 1. The molecule has 1 amide bonds. The predicted octanol–water partition coefficient (Wildman–Crippen LogP) is 0.776. The Kier molecular flexibility index (Phi) is 5.20. The first kappa shape index (κ1) is 14.2. The van der Waals surface area contributed by atoms with Crippen LogP contribution in [0.2, 0.25) is 0 Å². The van der Waals surface area contributed by atoms with E-state index in [0.29, 0.717) is 13.2 Å². The molecule has 0 aromatic heterocycles. The van der Waals surface area contributed by atoms with Crippen LogP contribution in [-0.4, -0.2) is 56.4 Å². The molecule has 17 heavy (non-hydrogen) atoms. The van der Waals surface area contributed by atoms with Crippen LogP contribution in [-0.2, 0) is 9.53 Å². The first-order valence-electron chi connectivity index (χ1n) is 5.51. The van der Waals surface area contributed by atoms with E-state index >= 15 is 0 Å². The number of hydrogen-bond acceptors (Lipinski definition) is 3. The predicted molar refractivity (Wildman–Crippen MR) is 55.5 cm³/mol. The Labute approximate surface area is 98.1 Å². The maximum atomic E-state index is 11.9. The summed E-state index contributed by atoms with van der Waals surface area (Å²) in [7, 11) is 1.62. The van der Waals surface area contributed by atoms with Gasteiger partial charge in [0.1, 0.15) is 0 Å². The summed E-state index contributed by atoms with van der Waals surface area (Å²) in [5, 5.41) is 2.10. The Morgan fingerprint density at radius 2 is 2.00 bits per heavy atom. The van der Waals surface area contributed by atoms with Crippen LogP contribution in [0.15, 0.2) is 0 Å². The highest BCUT2D eigenvalue weighted by atomic mass is 19.4. The van der Waals surface area contributed by atoms with Crippen LogP contribution in [0.25, 0.3) is 0 Å². The lowest BCUT2D eigenvalue weighted by Gasteiger charge is -2.31. The third-order valence-corrected chi connectivity index (χ3v) is 2.73. The molecule has 0 radical (unpaired) electrons. The third kappa shape index (κ3) is 5.36. The second-order valence-electron chi connectivity index (χ2n) is 4.07. The number of amides is 1. The molecule has 0 unspecified atom stereocenters. The van der Waals surface area contributed by atoms with Gasteiger partial charge in [0.2, 0.25) is 5.91 Å². The van der Waals surface area contributed by atoms with Crippen molar-refractivity contribution in [1.82, 2.24) is 10.2 Å². The SMILES string of the molecule is CN(C(=O)CNCC(F)(F)F)C1CCOCC1. The minimum Gasteiger partial charge on any atom is -0.381 e. The topological polar surface area (TPSA) is 41.6 Å². The number of ether oxygens (including phenoxy) is 1. The number of nitrogens with zero attached hydrogens (tertiary/aromatic N) is 1. The zero-order chi connectivity index (χ0) is 12.9. The summed E-state index contributed by atoms with van der Waals surface area (Å²) < 4.78 is 40.7. The van der Waals surface area contributed by atoms with Gasteiger partial charge >= 0.3 is 6.18 Å². The number of rotatable bonds is 4. The van der Waals surface area contributed by atoms with Crippen LogP contribution < -0.4 is 5.32 Å². The van der Waals surface area contributed by atoms with Gasteiger partial charge in [-0.2, -0.15) is 13.2 Å². The first-order chi connectivity index (χ1) is 7.90. The fraction of sp³-hybridized carbons (Fsp3) is 0.900. The lowest BCUT2D eigenvalue weighted by Crippen LogP contribution is -2.45. The summed E-state index contributed by atoms with van der Waals surface area (Å²) in [5.74, 6) is -0.318. The first-order valence-corrected chi connectivity index (χ1v) is 5.51. The van der Waals surface area contributed by atoms with Crippen molar-refractivity contribution in [2.75, 3.05) is 33.4 Å². The highest BCUT2D eigenvalue weighted by Gasteiger charge is 2.27. The van der Waals surface area contributed by atoms with Gasteiger partial charge in [-0.3, -0.25) is 4.79 Å². The number of carbonyl (C=O) groups excluding carboxylic acids is 1. The van der Waals surface area contributed by atoms with Crippen LogP contribution in [0.1, 0.15) is 12.8 Å². The Balaban J connectivity index is 2.26. The van der Waals surface area contributed by atoms with Gasteiger partial charge in [0.15, 0.2) is 0 Å². The van der Waals surface area contributed by atoms with E-state index in [-0.39, 0.29) is 18.5 Å². The Hall–Kier alpha value is -0.820. The molecule has 1 fully saturated rings. The molecule has 1 heterocycles. The highest BCUT2D eigenvalue weighted by molar-refractivity contribution is 5.78. The molecule has 1 saturated heterocycles. The van der Waals surface area contributed by atoms with Gasteiger partial charge in [0, 0.05) is 26.3 Å². The van der Waals surface area contributed by atoms with E-state index in [1.54, 1.807) is 7.05 Å². The van der Waals surface area contributed by atoms with Gasteiger partial charge in [-0.05, 0) is 12.8 Å². The van der Waals surface area contributed by atoms with Crippen molar-refractivity contribution in [2.24, 2.45) is 0 Å². The molecule has 0 saturated carbocycles. The Bertz CT molecular complexity index is 252. The number of likely N-dealkylation sites (N-methyl/N-ethyl adjacent to an activating group) is 1. The minimum atomic E-state index is -4.28. The number of alkyl halides is 3. The molecule has 0 bridgehead atoms. The molecule has 0 aromatic carbocycles. The van der Waals surface area contributed by atoms with Crippen molar-refractivity contribution in [1.29, 1.82) is 0 Å². The van der Waals surface area contributed by atoms with Crippen molar-refractivity contribution in [2.45, 2.75) is 25.1 Å². The summed E-state index contributed by atoms with van der Waals surface area (Å²) in [6.45, 7) is -0.232. The summed E-state index contributed by atoms with van der Waals surface area (Å²) in [5.41, 5.74) is 0. The summed E-state index contributed by atoms with van der Waals surface area (Å²) in [6, 6.07) is 0.0731. The monoisotopic (exact) mass is 254 g/mol. The fourth-order valence-corrected chi connectivity index (χ4v) is 1.71. The molecule has 4 nitrogen and oxygen atoms in total. The second kappa shape index (κ2) is 6.20. The van der Waals surface area contributed by atoms with E-state index < -0.39 is 12.7 Å². The van der Waals surface area contributed by atoms with Gasteiger partial charge < -0.3 is 15.0 Å². The molecule has 1 N–H and O–H groups in total. The van der Waals surface area contributed by atoms with Crippen molar-refractivity contribution >= 4 is 5.91 Å². The van der Waals surface area contributed by atoms with Gasteiger partial charge in [-0.1, -0.05) is 0 Å². The van der Waals surface area contributed by atoms with E-state index in [4.69, 9.17) is 4.74 Å². The zero-order valence-corrected chi connectivity index (χ0v) is 9.72. The number of carbonyl (C=O) groups is 1. The van der Waals surface area contributed by atoms with E-state index in [1.165, 1.54) is 4.90 Å². The van der Waals surface area contributed by atoms with Gasteiger partial charge in [-0.15, -0.1) is 0 Å². The van der Waals surface area contributed by atoms with E-state index in [2.05, 4.69) is 5.32 Å². The largest absolute Gasteiger partial charge is 0.401 e. The maximum absolute atomic E-state index is 11.9. The van der Waals surface area contributed by atoms with Gasteiger partial charge in [0.25, 0.3) is 0 Å². The standard InChI is InChI=1S/C10H17F3N2O2/c1-15(8-2-4-17-5-3-8)9(16)6-14-7-10(11,12)13/h8,14H,2-7H2,1H3. The minimum absolute atomic E-state index is 0.0731. The quantitative estimate of drug-likeness (QED) is 0.806. The van der Waals surface area contributed by atoms with Crippen molar-refractivity contribution < 1.29 is 22.7 Å². The molecule has 7 heteroatoms. The van der Waals surface area contributed by atoms with Crippen molar-refractivity contribution in [3.05, 3.63) is 0 Å². The molecule has 0 atom stereocenters. The van der Waals surface area contributed by atoms with Crippen molar-refractivity contribution in [3.63, 3.8) is 0 Å². The third-order valence-electron chi connectivity index (χ3n) is 2.73. The average Bonchev–Trinajstić information content (AvgIpc) is 2.27. The number of hydrogen-bond donors (Lipinski definition) is 1. The van der Waals surface area contributed by atoms with E-state index in [1.807, 2.05) is 0 Å². The molecular formula is C10H17F3N2O2. The van der Waals surface area contributed by atoms with Crippen LogP contribution >= 0.6 is 0 Å². The Morgan fingerprint density at radius 3 is 2.53 bits per heavy atom. The highest BCUT2D eigenvalue weighted by Crippen LogP contribution is 2.13. The molecule has 0 aliphatic carbocycles. The second-order valence-corrected chi connectivity index (χ2v) is 4.07. The van der Waals surface area contributed by atoms with Crippen LogP contribution in [0.5, 0.6) is 0 Å². The van der Waals surface area contributed by atoms with Gasteiger partial charge in [0.05, 0.1) is 13.1 Å². The zero-order valence-electron chi connectivity index (χ0n) is 9.72. The lowest BCUT2D eigenvalue weighted by molar-refractivity contribution is -0.136.